The Bertz CT molecular complexity index is 5690. The van der Waals surface area contributed by atoms with Gasteiger partial charge in [0.1, 0.15) is 22.8 Å². The Kier molecular flexibility index (Phi) is 26.1. The molecule has 13 heterocycles. The summed E-state index contributed by atoms with van der Waals surface area (Å²) in [4.78, 5) is 39.7. The highest BCUT2D eigenvalue weighted by atomic mass is 16.3. The van der Waals surface area contributed by atoms with E-state index in [1.807, 2.05) is 246 Å². The second kappa shape index (κ2) is 37.5. The van der Waals surface area contributed by atoms with Crippen LogP contribution in [0.4, 0.5) is 23.3 Å². The van der Waals surface area contributed by atoms with Crippen molar-refractivity contribution in [2.24, 2.45) is 0 Å². The topological polar surface area (TPSA) is 388 Å². The van der Waals surface area contributed by atoms with Gasteiger partial charge >= 0.3 is 0 Å². The van der Waals surface area contributed by atoms with Gasteiger partial charge in [0.2, 0.25) is 0 Å². The lowest BCUT2D eigenvalue weighted by atomic mass is 10.1. The molecular formula is C87H93N25O5. The predicted molar refractivity (Wildman–Crippen MR) is 447 cm³/mol. The third kappa shape index (κ3) is 20.3. The van der Waals surface area contributed by atoms with Gasteiger partial charge in [-0.3, -0.25) is 4.98 Å². The molecule has 1 fully saturated rings. The molecule has 1 aliphatic carbocycles. The van der Waals surface area contributed by atoms with E-state index in [-0.39, 0.29) is 51.2 Å². The minimum atomic E-state index is -0.286. The van der Waals surface area contributed by atoms with Gasteiger partial charge in [-0.2, -0.15) is 0 Å². The molecule has 0 saturated heterocycles. The number of aryl methyl sites for hydroxylation is 9. The molecular weight excluding hydrogens is 1480 g/mol. The number of aliphatic hydroxyl groups is 5. The van der Waals surface area contributed by atoms with Gasteiger partial charge in [0.05, 0.1) is 173 Å². The third-order valence-corrected chi connectivity index (χ3v) is 19.4. The first-order valence-corrected chi connectivity index (χ1v) is 38.3. The molecule has 1 aliphatic rings. The van der Waals surface area contributed by atoms with Crippen LogP contribution in [0.1, 0.15) is 135 Å². The van der Waals surface area contributed by atoms with E-state index in [4.69, 9.17) is 0 Å². The highest BCUT2D eigenvalue weighted by Gasteiger charge is 2.24. The van der Waals surface area contributed by atoms with Crippen LogP contribution in [0.25, 0.3) is 68.3 Å². The van der Waals surface area contributed by atoms with Crippen molar-refractivity contribution in [3.05, 3.63) is 292 Å². The molecule has 0 aliphatic heterocycles. The second-order valence-corrected chi connectivity index (χ2v) is 28.6. The Labute approximate surface area is 677 Å². The molecule has 2 aromatic carbocycles. The molecule has 30 heteroatoms. The summed E-state index contributed by atoms with van der Waals surface area (Å²) in [5.41, 5.74) is 22.3. The van der Waals surface area contributed by atoms with Crippen molar-refractivity contribution in [2.75, 3.05) is 27.9 Å². The minimum Gasteiger partial charge on any atom is -0.394 e. The Morgan fingerprint density at radius 3 is 1.02 bits per heavy atom. The molecule has 0 unspecified atom stereocenters. The van der Waals surface area contributed by atoms with Crippen molar-refractivity contribution in [3.63, 3.8) is 0 Å². The van der Waals surface area contributed by atoms with Crippen molar-refractivity contribution in [3.8, 4) is 68.3 Å². The van der Waals surface area contributed by atoms with Crippen LogP contribution in [0.3, 0.4) is 0 Å². The molecule has 16 rings (SSSR count). The molecule has 0 amide bonds. The quantitative estimate of drug-likeness (QED) is 0.0271. The molecule has 117 heavy (non-hydrogen) atoms. The van der Waals surface area contributed by atoms with E-state index in [1.54, 1.807) is 31.5 Å². The van der Waals surface area contributed by atoms with Crippen molar-refractivity contribution >= 4 is 23.3 Å². The number of aromatic nitrogens is 21. The molecule has 596 valence electrons. The van der Waals surface area contributed by atoms with E-state index in [9.17, 15) is 25.5 Å². The van der Waals surface area contributed by atoms with Gasteiger partial charge in [-0.1, -0.05) is 66.2 Å². The number of hydrogen-bond donors (Lipinski definition) is 9. The van der Waals surface area contributed by atoms with Crippen LogP contribution in [0, 0.1) is 62.3 Å². The number of anilines is 4. The van der Waals surface area contributed by atoms with E-state index >= 15 is 0 Å². The van der Waals surface area contributed by atoms with E-state index in [1.165, 1.54) is 18.4 Å². The lowest BCUT2D eigenvalue weighted by molar-refractivity contribution is 0.276. The predicted octanol–water partition coefficient (Wildman–Crippen LogP) is 13.1. The summed E-state index contributed by atoms with van der Waals surface area (Å²) in [6.07, 6.45) is 18.6. The fourth-order valence-corrected chi connectivity index (χ4v) is 12.7. The van der Waals surface area contributed by atoms with Crippen molar-refractivity contribution < 1.29 is 25.5 Å². The zero-order valence-electron chi connectivity index (χ0n) is 66.9. The zero-order valence-corrected chi connectivity index (χ0v) is 66.9. The standard InChI is InChI=1S/C24H26N6O2.C23H24N6O.C22H23N7O.C18H20N6O/c1-15-4-6-18(7-5-15)21(12-31)27-24-16(2)10-20(28-29-24)19-8-9-23(22(13-32)26-19)30-11-17(3)25-14-30;1-15-11-20(27-28-23(15)25-17(3)18-7-5-4-6-8-18)19-9-10-22(21(13-30)26-19)29-12-16(2)24-14-29;1-14-10-19(27-28-22(14)25-16(3)17-6-4-5-9-23-17)18-7-8-21(20(12-30)26-18)29-11-15(2)24-13-29;1-11-7-15(22-23-18(11)20-13-3-4-13)14-5-6-17(16(9-25)21-14)24-8-12(2)19-10-24/h4-11,14,21,31-32H,12-13H2,1-3H3,(H,27,29);4-12,14,17,30H,13H2,1-3H3,(H,25,28);4-11,13,16,30H,12H2,1-3H3,(H,25,28);5-8,10,13,25H,3-4,9H2,1-2H3,(H,20,23)/t21-;17-;16-;/m010./s1. The molecule has 15 aromatic rings. The fraction of sp³-hybridized carbons (Fsp3) is 0.253. The Hall–Kier alpha value is -13.7. The molecule has 3 atom stereocenters. The number of nitrogens with one attached hydrogen (secondary N) is 4. The lowest BCUT2D eigenvalue weighted by Crippen LogP contribution is -2.17. The Morgan fingerprint density at radius 1 is 0.350 bits per heavy atom. The second-order valence-electron chi connectivity index (χ2n) is 28.6. The van der Waals surface area contributed by atoms with E-state index in [0.717, 1.165) is 96.2 Å². The number of pyridine rings is 5. The van der Waals surface area contributed by atoms with Crippen LogP contribution in [-0.4, -0.2) is 142 Å². The van der Waals surface area contributed by atoms with Gasteiger partial charge in [-0.25, -0.2) is 39.9 Å². The first-order valence-electron chi connectivity index (χ1n) is 38.3. The van der Waals surface area contributed by atoms with Crippen molar-refractivity contribution in [1.29, 1.82) is 0 Å². The lowest BCUT2D eigenvalue weighted by Gasteiger charge is -2.19. The largest absolute Gasteiger partial charge is 0.394 e. The summed E-state index contributed by atoms with van der Waals surface area (Å²) in [7, 11) is 0. The molecule has 1 saturated carbocycles. The van der Waals surface area contributed by atoms with Gasteiger partial charge < -0.3 is 65.1 Å². The molecule has 30 nitrogen and oxygen atoms in total. The van der Waals surface area contributed by atoms with E-state index in [0.29, 0.717) is 86.0 Å². The highest BCUT2D eigenvalue weighted by Crippen LogP contribution is 2.32. The molecule has 0 bridgehead atoms. The van der Waals surface area contributed by atoms with Gasteiger partial charge in [-0.05, 0) is 207 Å². The van der Waals surface area contributed by atoms with E-state index in [2.05, 4.69) is 126 Å². The third-order valence-electron chi connectivity index (χ3n) is 19.4. The van der Waals surface area contributed by atoms with Crippen LogP contribution in [0.2, 0.25) is 0 Å². The van der Waals surface area contributed by atoms with Crippen LogP contribution < -0.4 is 21.3 Å². The number of imidazole rings is 4. The number of nitrogens with zero attached hydrogens (tertiary/aromatic N) is 21. The molecule has 0 spiro atoms. The van der Waals surface area contributed by atoms with Crippen molar-refractivity contribution in [1.82, 2.24) is 104 Å². The summed E-state index contributed by atoms with van der Waals surface area (Å²) >= 11 is 0. The monoisotopic (exact) mass is 1570 g/mol. The first-order chi connectivity index (χ1) is 56.7. The summed E-state index contributed by atoms with van der Waals surface area (Å²) in [5.74, 6) is 2.87. The molecule has 9 N–H and O–H groups in total. The minimum absolute atomic E-state index is 0.00193. The normalized spacial score (nSPS) is 12.4. The molecule has 13 aromatic heterocycles. The van der Waals surface area contributed by atoms with Crippen LogP contribution in [-0.2, 0) is 26.4 Å². The number of aliphatic hydroxyl groups excluding tert-OH is 5. The number of rotatable bonds is 24. The summed E-state index contributed by atoms with van der Waals surface area (Å²) in [6.45, 7) is 20.9. The fourth-order valence-electron chi connectivity index (χ4n) is 12.7. The zero-order chi connectivity index (χ0) is 82.2. The molecule has 0 radical (unpaired) electrons. The SMILES string of the molecule is Cc1ccc([C@H](CO)Nc2nnc(-c3ccc(-n4cnc(C)c4)c(CO)n3)cc2C)cc1.Cc1cn(-c2ccc(-c3cc(C)c(NC4CC4)nn3)nc2CO)cn1.Cc1cn(-c2ccc(-c3cc(C)c(N[C@@H](C)c4ccccn4)nn3)nc2CO)cn1.Cc1cn(-c2ccc(-c3cc(C)c(N[C@H](C)c4ccccc4)nn3)nc2CO)cn1. The Balaban J connectivity index is 0.000000136. The average molecular weight is 1570 g/mol. The summed E-state index contributed by atoms with van der Waals surface area (Å²) in [6, 6.07) is 47.3. The summed E-state index contributed by atoms with van der Waals surface area (Å²) < 4.78 is 7.40. The van der Waals surface area contributed by atoms with E-state index < -0.39 is 0 Å². The maximum absolute atomic E-state index is 9.86. The van der Waals surface area contributed by atoms with Gasteiger partial charge in [0, 0.05) is 37.0 Å². The first kappa shape index (κ1) is 81.4. The average Bonchev–Trinajstić information content (AvgIpc) is 1.77. The number of hydrogen-bond acceptors (Lipinski definition) is 26. The van der Waals surface area contributed by atoms with Gasteiger partial charge in [-0.15, -0.1) is 40.8 Å². The highest BCUT2D eigenvalue weighted by molar-refractivity contribution is 5.65. The van der Waals surface area contributed by atoms with Crippen LogP contribution >= 0.6 is 0 Å². The Morgan fingerprint density at radius 2 is 0.701 bits per heavy atom. The number of benzene rings is 2. The maximum atomic E-state index is 9.86. The van der Waals surface area contributed by atoms with Crippen LogP contribution in [0.15, 0.2) is 202 Å². The van der Waals surface area contributed by atoms with Gasteiger partial charge in [0.25, 0.3) is 0 Å². The summed E-state index contributed by atoms with van der Waals surface area (Å²) in [5, 5.41) is 97.2. The van der Waals surface area contributed by atoms with Crippen LogP contribution in [0.5, 0.6) is 0 Å². The maximum Gasteiger partial charge on any atom is 0.152 e. The van der Waals surface area contributed by atoms with Crippen molar-refractivity contribution in [2.45, 2.75) is 140 Å². The van der Waals surface area contributed by atoms with Gasteiger partial charge in [0.15, 0.2) is 23.3 Å². The smallest absolute Gasteiger partial charge is 0.152 e.